The molecule has 2 aromatic carbocycles. The van der Waals surface area contributed by atoms with Gasteiger partial charge in [-0.3, -0.25) is 29.9 Å². The van der Waals surface area contributed by atoms with Crippen LogP contribution in [0.15, 0.2) is 60.7 Å². The number of nitro groups is 1. The van der Waals surface area contributed by atoms with Crippen LogP contribution < -0.4 is 10.1 Å². The van der Waals surface area contributed by atoms with Crippen LogP contribution in [0.5, 0.6) is 11.5 Å². The van der Waals surface area contributed by atoms with Crippen molar-refractivity contribution in [2.24, 2.45) is 0 Å². The number of amides is 4. The largest absolute Gasteiger partial charge is 0.450 e. The van der Waals surface area contributed by atoms with Crippen LogP contribution in [0.4, 0.5) is 23.7 Å². The van der Waals surface area contributed by atoms with Gasteiger partial charge in [0.15, 0.2) is 0 Å². The smallest absolute Gasteiger partial charge is 0.416 e. The molecule has 9 nitrogen and oxygen atoms in total. The summed E-state index contributed by atoms with van der Waals surface area (Å²) in [6.45, 7) is 3.34. The van der Waals surface area contributed by atoms with E-state index in [9.17, 15) is 37.7 Å². The van der Waals surface area contributed by atoms with Gasteiger partial charge in [-0.15, -0.1) is 6.58 Å². The van der Waals surface area contributed by atoms with Crippen molar-refractivity contribution in [3.05, 3.63) is 81.9 Å². The van der Waals surface area contributed by atoms with Crippen molar-refractivity contribution in [2.75, 3.05) is 6.54 Å². The Labute approximate surface area is 183 Å². The van der Waals surface area contributed by atoms with Gasteiger partial charge in [-0.05, 0) is 35.9 Å². The van der Waals surface area contributed by atoms with Gasteiger partial charge in [-0.1, -0.05) is 18.2 Å². The molecule has 1 fully saturated rings. The number of rotatable bonds is 6. The van der Waals surface area contributed by atoms with E-state index in [0.717, 1.165) is 11.0 Å². The quantitative estimate of drug-likeness (QED) is 0.228. The molecule has 1 aliphatic heterocycles. The summed E-state index contributed by atoms with van der Waals surface area (Å²) >= 11 is 0. The molecule has 4 amide bonds. The molecule has 2 aromatic rings. The van der Waals surface area contributed by atoms with Crippen molar-refractivity contribution < 1.29 is 37.2 Å². The first-order valence-electron chi connectivity index (χ1n) is 9.14. The molecule has 1 N–H and O–H groups in total. The lowest BCUT2D eigenvalue weighted by molar-refractivity contribution is -0.385. The summed E-state index contributed by atoms with van der Waals surface area (Å²) in [5.74, 6) is -2.04. The number of alkyl halides is 3. The van der Waals surface area contributed by atoms with Gasteiger partial charge in [0.25, 0.3) is 11.8 Å². The van der Waals surface area contributed by atoms with Gasteiger partial charge in [0, 0.05) is 12.6 Å². The van der Waals surface area contributed by atoms with E-state index in [1.807, 2.05) is 5.32 Å². The summed E-state index contributed by atoms with van der Waals surface area (Å²) in [4.78, 5) is 47.2. The molecular weight excluding hydrogens is 447 g/mol. The van der Waals surface area contributed by atoms with E-state index in [-0.39, 0.29) is 17.9 Å². The van der Waals surface area contributed by atoms with Crippen molar-refractivity contribution in [1.29, 1.82) is 0 Å². The van der Waals surface area contributed by atoms with E-state index in [0.29, 0.717) is 17.7 Å². The molecule has 0 unspecified atom stereocenters. The molecule has 0 atom stereocenters. The molecule has 3 rings (SSSR count). The zero-order valence-corrected chi connectivity index (χ0v) is 16.6. The zero-order valence-electron chi connectivity index (χ0n) is 16.6. The number of nitrogens with one attached hydrogen (secondary N) is 1. The maximum Gasteiger partial charge on any atom is 0.416 e. The molecule has 1 heterocycles. The second kappa shape index (κ2) is 8.94. The molecule has 0 radical (unpaired) electrons. The predicted octanol–water partition coefficient (Wildman–Crippen LogP) is 4.05. The van der Waals surface area contributed by atoms with Gasteiger partial charge in [0.2, 0.25) is 5.75 Å². The third-order valence-electron chi connectivity index (χ3n) is 4.40. The Balaban J connectivity index is 1.85. The minimum Gasteiger partial charge on any atom is -0.450 e. The SMILES string of the molecule is C=CCN1C(=O)NC(=O)/C(=C/c2ccc(Oc3ccc(C(F)(F)F)cc3[N+](=O)[O-])cc2)C1=O. The Bertz CT molecular complexity index is 1190. The average molecular weight is 461 g/mol. The van der Waals surface area contributed by atoms with Gasteiger partial charge in [0.05, 0.1) is 10.5 Å². The number of barbiturate groups is 1. The second-order valence-corrected chi connectivity index (χ2v) is 6.63. The summed E-state index contributed by atoms with van der Waals surface area (Å²) < 4.78 is 43.8. The number of imide groups is 2. The highest BCUT2D eigenvalue weighted by Gasteiger charge is 2.35. The predicted molar refractivity (Wildman–Crippen MR) is 108 cm³/mol. The highest BCUT2D eigenvalue weighted by Crippen LogP contribution is 2.37. The second-order valence-electron chi connectivity index (χ2n) is 6.63. The van der Waals surface area contributed by atoms with Crippen LogP contribution in [0.25, 0.3) is 6.08 Å². The Kier molecular flexibility index (Phi) is 6.28. The Morgan fingerprint density at radius 2 is 1.79 bits per heavy atom. The fraction of sp³-hybridized carbons (Fsp3) is 0.0952. The van der Waals surface area contributed by atoms with Gasteiger partial charge >= 0.3 is 17.9 Å². The summed E-state index contributed by atoms with van der Waals surface area (Å²) in [5, 5.41) is 13.2. The molecule has 0 aromatic heterocycles. The van der Waals surface area contributed by atoms with E-state index in [4.69, 9.17) is 4.74 Å². The first-order chi connectivity index (χ1) is 15.5. The number of nitro benzene ring substituents is 1. The van der Waals surface area contributed by atoms with Crippen molar-refractivity contribution in [1.82, 2.24) is 10.2 Å². The molecule has 33 heavy (non-hydrogen) atoms. The van der Waals surface area contributed by atoms with Gasteiger partial charge in [-0.2, -0.15) is 13.2 Å². The van der Waals surface area contributed by atoms with E-state index in [1.54, 1.807) is 0 Å². The number of ether oxygens (including phenoxy) is 1. The average Bonchev–Trinajstić information content (AvgIpc) is 2.74. The van der Waals surface area contributed by atoms with Crippen molar-refractivity contribution in [2.45, 2.75) is 6.18 Å². The Morgan fingerprint density at radius 3 is 2.36 bits per heavy atom. The fourth-order valence-electron chi connectivity index (χ4n) is 2.84. The van der Waals surface area contributed by atoms with E-state index < -0.39 is 45.9 Å². The maximum absolute atomic E-state index is 12.8. The highest BCUT2D eigenvalue weighted by atomic mass is 19.4. The Morgan fingerprint density at radius 1 is 1.12 bits per heavy atom. The lowest BCUT2D eigenvalue weighted by Crippen LogP contribution is -2.54. The van der Waals surface area contributed by atoms with Crippen LogP contribution in [0.3, 0.4) is 0 Å². The molecule has 0 spiro atoms. The third-order valence-corrected chi connectivity index (χ3v) is 4.40. The van der Waals surface area contributed by atoms with Gasteiger partial charge < -0.3 is 4.74 Å². The molecule has 1 aliphatic rings. The number of carbonyl (C=O) groups is 3. The molecule has 12 heteroatoms. The van der Waals surface area contributed by atoms with E-state index >= 15 is 0 Å². The number of hydrogen-bond donors (Lipinski definition) is 1. The minimum atomic E-state index is -4.76. The van der Waals surface area contributed by atoms with Crippen LogP contribution in [-0.4, -0.2) is 34.2 Å². The first kappa shape index (κ1) is 23.2. The third kappa shape index (κ3) is 5.06. The molecule has 0 bridgehead atoms. The lowest BCUT2D eigenvalue weighted by Gasteiger charge is -2.25. The zero-order chi connectivity index (χ0) is 24.3. The number of benzene rings is 2. The van der Waals surface area contributed by atoms with Crippen LogP contribution in [0, 0.1) is 10.1 Å². The maximum atomic E-state index is 12.8. The summed E-state index contributed by atoms with van der Waals surface area (Å²) in [5.41, 5.74) is -2.01. The topological polar surface area (TPSA) is 119 Å². The summed E-state index contributed by atoms with van der Waals surface area (Å²) in [6.07, 6.45) is -2.21. The van der Waals surface area contributed by atoms with Crippen LogP contribution >= 0.6 is 0 Å². The van der Waals surface area contributed by atoms with Crippen molar-refractivity contribution in [3.63, 3.8) is 0 Å². The highest BCUT2D eigenvalue weighted by molar-refractivity contribution is 6.31. The molecular formula is C21H14F3N3O6. The monoisotopic (exact) mass is 461 g/mol. The molecule has 0 aliphatic carbocycles. The standard InChI is InChI=1S/C21H14F3N3O6/c1-2-9-26-19(29)15(18(28)25-20(26)30)10-12-3-6-14(7-4-12)33-17-8-5-13(21(22,23)24)11-16(17)27(31)32/h2-8,10-11H,1,9H2,(H,25,28,30)/b15-10-. The number of carbonyl (C=O) groups excluding carboxylic acids is 3. The number of nitrogens with zero attached hydrogens (tertiary/aromatic N) is 2. The van der Waals surface area contributed by atoms with Crippen LogP contribution in [0.2, 0.25) is 0 Å². The summed E-state index contributed by atoms with van der Waals surface area (Å²) in [7, 11) is 0. The molecule has 170 valence electrons. The first-order valence-corrected chi connectivity index (χ1v) is 9.14. The van der Waals surface area contributed by atoms with E-state index in [1.165, 1.54) is 36.4 Å². The van der Waals surface area contributed by atoms with Gasteiger partial charge in [-0.25, -0.2) is 4.79 Å². The van der Waals surface area contributed by atoms with E-state index in [2.05, 4.69) is 6.58 Å². The van der Waals surface area contributed by atoms with Crippen LogP contribution in [-0.2, 0) is 15.8 Å². The van der Waals surface area contributed by atoms with Gasteiger partial charge in [0.1, 0.15) is 11.3 Å². The normalized spacial score (nSPS) is 15.4. The molecule has 1 saturated heterocycles. The number of hydrogen-bond acceptors (Lipinski definition) is 6. The van der Waals surface area contributed by atoms with Crippen LogP contribution in [0.1, 0.15) is 11.1 Å². The minimum absolute atomic E-state index is 0.0582. The lowest BCUT2D eigenvalue weighted by atomic mass is 10.1. The summed E-state index contributed by atoms with van der Waals surface area (Å²) in [6, 6.07) is 6.50. The van der Waals surface area contributed by atoms with Crippen molar-refractivity contribution >= 4 is 29.6 Å². The number of halogens is 3. The number of urea groups is 1. The van der Waals surface area contributed by atoms with Crippen molar-refractivity contribution in [3.8, 4) is 11.5 Å². The molecule has 0 saturated carbocycles. The Hall–Kier alpha value is -4.48. The fourth-order valence-corrected chi connectivity index (χ4v) is 2.84.